The normalized spacial score (nSPS) is 9.81. The SMILES string of the molecule is CNc1c(F)cc(OCC=C(Cl)Cl)cc1Br. The van der Waals surface area contributed by atoms with Gasteiger partial charge in [0, 0.05) is 17.6 Å². The summed E-state index contributed by atoms with van der Waals surface area (Å²) in [5.74, 6) is 0.00188. The van der Waals surface area contributed by atoms with Crippen molar-refractivity contribution in [3.8, 4) is 5.75 Å². The van der Waals surface area contributed by atoms with Crippen molar-refractivity contribution in [2.24, 2.45) is 0 Å². The third kappa shape index (κ3) is 3.85. The molecule has 6 heteroatoms. The molecule has 0 saturated carbocycles. The Hall–Kier alpha value is -0.450. The van der Waals surface area contributed by atoms with Crippen molar-refractivity contribution >= 4 is 44.8 Å². The van der Waals surface area contributed by atoms with Gasteiger partial charge >= 0.3 is 0 Å². The summed E-state index contributed by atoms with van der Waals surface area (Å²) in [4.78, 5) is 0. The van der Waals surface area contributed by atoms with Crippen molar-refractivity contribution in [2.45, 2.75) is 0 Å². The number of rotatable bonds is 4. The molecule has 0 spiro atoms. The molecule has 1 N–H and O–H groups in total. The second kappa shape index (κ2) is 6.33. The molecule has 2 nitrogen and oxygen atoms in total. The molecule has 1 aromatic carbocycles. The second-order valence-corrected chi connectivity index (χ2v) is 4.68. The van der Waals surface area contributed by atoms with Gasteiger partial charge in [-0.1, -0.05) is 23.2 Å². The van der Waals surface area contributed by atoms with Crippen LogP contribution in [0, 0.1) is 5.82 Å². The molecule has 16 heavy (non-hydrogen) atoms. The number of hydrogen-bond acceptors (Lipinski definition) is 2. The summed E-state index contributed by atoms with van der Waals surface area (Å²) in [5.41, 5.74) is 0.387. The molecule has 0 atom stereocenters. The molecule has 0 unspecified atom stereocenters. The number of benzene rings is 1. The summed E-state index contributed by atoms with van der Waals surface area (Å²) in [6.07, 6.45) is 1.47. The first-order valence-corrected chi connectivity index (χ1v) is 5.90. The topological polar surface area (TPSA) is 21.3 Å². The summed E-state index contributed by atoms with van der Waals surface area (Å²) < 4.78 is 19.4. The Morgan fingerprint density at radius 2 is 2.25 bits per heavy atom. The standard InChI is InChI=1S/C10H9BrCl2FNO/c1-15-10-7(11)4-6(5-8(10)14)16-3-2-9(12)13/h2,4-5,15H,3H2,1H3. The van der Waals surface area contributed by atoms with E-state index in [-0.39, 0.29) is 11.1 Å². The summed E-state index contributed by atoms with van der Waals surface area (Å²) in [6, 6.07) is 2.94. The van der Waals surface area contributed by atoms with Gasteiger partial charge in [-0.2, -0.15) is 0 Å². The lowest BCUT2D eigenvalue weighted by Crippen LogP contribution is -1.98. The highest BCUT2D eigenvalue weighted by molar-refractivity contribution is 9.10. The minimum atomic E-state index is -0.396. The van der Waals surface area contributed by atoms with Gasteiger partial charge in [0.15, 0.2) is 5.82 Å². The predicted molar refractivity (Wildman–Crippen MR) is 68.9 cm³/mol. The van der Waals surface area contributed by atoms with Crippen LogP contribution in [0.4, 0.5) is 10.1 Å². The van der Waals surface area contributed by atoms with Gasteiger partial charge in [0.2, 0.25) is 0 Å². The van der Waals surface area contributed by atoms with Crippen molar-refractivity contribution in [2.75, 3.05) is 19.0 Å². The van der Waals surface area contributed by atoms with Crippen LogP contribution in [0.2, 0.25) is 0 Å². The lowest BCUT2D eigenvalue weighted by atomic mass is 10.3. The number of ether oxygens (including phenoxy) is 1. The van der Waals surface area contributed by atoms with Crippen LogP contribution >= 0.6 is 39.1 Å². The van der Waals surface area contributed by atoms with Crippen molar-refractivity contribution in [3.63, 3.8) is 0 Å². The van der Waals surface area contributed by atoms with Gasteiger partial charge in [0.05, 0.1) is 5.69 Å². The first-order chi connectivity index (χ1) is 7.54. The molecule has 0 radical (unpaired) electrons. The molecule has 0 aliphatic rings. The zero-order chi connectivity index (χ0) is 12.1. The average Bonchev–Trinajstić information content (AvgIpc) is 2.16. The number of nitrogens with one attached hydrogen (secondary N) is 1. The van der Waals surface area contributed by atoms with Crippen molar-refractivity contribution in [1.29, 1.82) is 0 Å². The predicted octanol–water partition coefficient (Wildman–Crippen LogP) is 4.33. The Balaban J connectivity index is 2.80. The Morgan fingerprint density at radius 3 is 2.75 bits per heavy atom. The molecule has 0 saturated heterocycles. The highest BCUT2D eigenvalue weighted by Crippen LogP contribution is 2.30. The summed E-state index contributed by atoms with van der Waals surface area (Å²) in [5, 5.41) is 2.73. The van der Waals surface area contributed by atoms with E-state index in [1.54, 1.807) is 13.1 Å². The van der Waals surface area contributed by atoms with Crippen LogP contribution in [0.1, 0.15) is 0 Å². The van der Waals surface area contributed by atoms with E-state index in [1.165, 1.54) is 12.1 Å². The fourth-order valence-corrected chi connectivity index (χ4v) is 1.81. The van der Waals surface area contributed by atoms with Gasteiger partial charge in [-0.3, -0.25) is 0 Å². The fourth-order valence-electron chi connectivity index (χ4n) is 1.07. The molecular formula is C10H9BrCl2FNO. The van der Waals surface area contributed by atoms with Gasteiger partial charge in [0.25, 0.3) is 0 Å². The van der Waals surface area contributed by atoms with Gasteiger partial charge < -0.3 is 10.1 Å². The maximum atomic E-state index is 13.5. The number of anilines is 1. The Kier molecular flexibility index (Phi) is 5.38. The van der Waals surface area contributed by atoms with Crippen molar-refractivity contribution in [1.82, 2.24) is 0 Å². The van der Waals surface area contributed by atoms with E-state index in [0.717, 1.165) is 0 Å². The monoisotopic (exact) mass is 327 g/mol. The summed E-state index contributed by atoms with van der Waals surface area (Å²) in [7, 11) is 1.64. The van der Waals surface area contributed by atoms with E-state index in [4.69, 9.17) is 27.9 Å². The van der Waals surface area contributed by atoms with Gasteiger partial charge in [-0.05, 0) is 28.1 Å². The van der Waals surface area contributed by atoms with E-state index >= 15 is 0 Å². The second-order valence-electron chi connectivity index (χ2n) is 2.82. The highest BCUT2D eigenvalue weighted by atomic mass is 79.9. The summed E-state index contributed by atoms with van der Waals surface area (Å²) in [6.45, 7) is 0.188. The smallest absolute Gasteiger partial charge is 0.151 e. The molecule has 1 aromatic rings. The van der Waals surface area contributed by atoms with Crippen LogP contribution in [0.3, 0.4) is 0 Å². The lowest BCUT2D eigenvalue weighted by molar-refractivity contribution is 0.360. The minimum absolute atomic E-state index is 0.117. The molecule has 0 bridgehead atoms. The van der Waals surface area contributed by atoms with Gasteiger partial charge in [-0.15, -0.1) is 0 Å². The minimum Gasteiger partial charge on any atom is -0.489 e. The fraction of sp³-hybridized carbons (Fsp3) is 0.200. The third-order valence-electron chi connectivity index (χ3n) is 1.75. The van der Waals surface area contributed by atoms with E-state index in [0.29, 0.717) is 15.9 Å². The Labute approximate surface area is 112 Å². The van der Waals surface area contributed by atoms with Crippen molar-refractivity contribution < 1.29 is 9.13 Å². The highest BCUT2D eigenvalue weighted by Gasteiger charge is 2.08. The molecule has 88 valence electrons. The maximum Gasteiger partial charge on any atom is 0.151 e. The van der Waals surface area contributed by atoms with Crippen LogP contribution in [0.15, 0.2) is 27.2 Å². The molecule has 0 aromatic heterocycles. The largest absolute Gasteiger partial charge is 0.489 e. The molecular weight excluding hydrogens is 320 g/mol. The first-order valence-electron chi connectivity index (χ1n) is 4.35. The zero-order valence-electron chi connectivity index (χ0n) is 8.36. The molecule has 0 aliphatic heterocycles. The maximum absolute atomic E-state index is 13.5. The van der Waals surface area contributed by atoms with E-state index in [1.807, 2.05) is 0 Å². The van der Waals surface area contributed by atoms with E-state index < -0.39 is 5.82 Å². The number of hydrogen-bond donors (Lipinski definition) is 1. The molecule has 0 fully saturated rings. The third-order valence-corrected chi connectivity index (χ3v) is 2.69. The molecule has 1 rings (SSSR count). The quantitative estimate of drug-likeness (QED) is 0.888. The van der Waals surface area contributed by atoms with Gasteiger partial charge in [-0.25, -0.2) is 4.39 Å². The lowest BCUT2D eigenvalue weighted by Gasteiger charge is -2.09. The first kappa shape index (κ1) is 13.6. The van der Waals surface area contributed by atoms with Crippen LogP contribution < -0.4 is 10.1 Å². The van der Waals surface area contributed by atoms with Gasteiger partial charge in [0.1, 0.15) is 16.8 Å². The molecule has 0 amide bonds. The molecule has 0 heterocycles. The zero-order valence-corrected chi connectivity index (χ0v) is 11.5. The van der Waals surface area contributed by atoms with Crippen LogP contribution in [-0.4, -0.2) is 13.7 Å². The number of halogens is 4. The molecule has 0 aliphatic carbocycles. The van der Waals surface area contributed by atoms with E-state index in [2.05, 4.69) is 21.2 Å². The Morgan fingerprint density at radius 1 is 1.56 bits per heavy atom. The van der Waals surface area contributed by atoms with Crippen LogP contribution in [-0.2, 0) is 0 Å². The Bertz CT molecular complexity index is 385. The average molecular weight is 329 g/mol. The van der Waals surface area contributed by atoms with Crippen LogP contribution in [0.25, 0.3) is 0 Å². The van der Waals surface area contributed by atoms with Crippen LogP contribution in [0.5, 0.6) is 5.75 Å². The van der Waals surface area contributed by atoms with E-state index in [9.17, 15) is 4.39 Å². The van der Waals surface area contributed by atoms with Crippen molar-refractivity contribution in [3.05, 3.63) is 33.0 Å². The summed E-state index contributed by atoms with van der Waals surface area (Å²) >= 11 is 14.0.